The van der Waals surface area contributed by atoms with Gasteiger partial charge in [0.1, 0.15) is 0 Å². The van der Waals surface area contributed by atoms with Gasteiger partial charge in [0.15, 0.2) is 25.1 Å². The fraction of sp³-hybridized carbons (Fsp3) is 0.429. The molecular formula is C7H12O5S2. The average molecular weight is 240 g/mol. The summed E-state index contributed by atoms with van der Waals surface area (Å²) in [6.45, 7) is 6.05. The Hall–Kier alpha value is -0.660. The third-order valence-corrected chi connectivity index (χ3v) is 4.29. The Labute approximate surface area is 83.6 Å². The Bertz CT molecular complexity index is 403. The largest absolute Gasteiger partial charge is 0.377 e. The van der Waals surface area contributed by atoms with Crippen molar-refractivity contribution in [1.82, 2.24) is 0 Å². The summed E-state index contributed by atoms with van der Waals surface area (Å²) in [6, 6.07) is 0. The lowest BCUT2D eigenvalue weighted by Crippen LogP contribution is -2.21. The summed E-state index contributed by atoms with van der Waals surface area (Å²) in [5, 5.41) is 10.4. The van der Waals surface area contributed by atoms with E-state index in [-0.39, 0.29) is 6.42 Å². The van der Waals surface area contributed by atoms with Crippen LogP contribution in [-0.4, -0.2) is 33.1 Å². The van der Waals surface area contributed by atoms with Gasteiger partial charge in [-0.3, -0.25) is 0 Å². The standard InChI is InChI=1S/C7H12O5S2/c1-3-13(9,10)6-5-7(8)14(11,12)4-2/h3-4,7-8H,1-2,5-6H2/t7-/m1/s1. The molecule has 0 fully saturated rings. The first-order valence-corrected chi connectivity index (χ1v) is 6.97. The molecule has 0 radical (unpaired) electrons. The number of rotatable bonds is 6. The molecule has 0 spiro atoms. The highest BCUT2D eigenvalue weighted by Crippen LogP contribution is 2.07. The zero-order chi connectivity index (χ0) is 11.4. The molecule has 0 aliphatic rings. The topological polar surface area (TPSA) is 88.5 Å². The lowest BCUT2D eigenvalue weighted by Gasteiger charge is -2.07. The van der Waals surface area contributed by atoms with Gasteiger partial charge in [0, 0.05) is 17.2 Å². The maximum atomic E-state index is 10.9. The van der Waals surface area contributed by atoms with Crippen LogP contribution in [0.5, 0.6) is 0 Å². The van der Waals surface area contributed by atoms with Gasteiger partial charge in [-0.15, -0.1) is 0 Å². The van der Waals surface area contributed by atoms with E-state index in [9.17, 15) is 16.8 Å². The summed E-state index contributed by atoms with van der Waals surface area (Å²) in [5.41, 5.74) is -1.73. The highest BCUT2D eigenvalue weighted by Gasteiger charge is 2.20. The van der Waals surface area contributed by atoms with Gasteiger partial charge in [0.25, 0.3) is 0 Å². The molecule has 82 valence electrons. The summed E-state index contributed by atoms with van der Waals surface area (Å²) in [5.74, 6) is -0.454. The Morgan fingerprint density at radius 2 is 1.64 bits per heavy atom. The first-order chi connectivity index (χ1) is 6.25. The smallest absolute Gasteiger partial charge is 0.197 e. The van der Waals surface area contributed by atoms with Crippen LogP contribution in [0.1, 0.15) is 6.42 Å². The summed E-state index contributed by atoms with van der Waals surface area (Å²) in [6.07, 6.45) is -0.386. The van der Waals surface area contributed by atoms with E-state index in [0.717, 1.165) is 5.41 Å². The third kappa shape index (κ3) is 4.03. The Balaban J connectivity index is 4.46. The summed E-state index contributed by atoms with van der Waals surface area (Å²) < 4.78 is 43.6. The zero-order valence-corrected chi connectivity index (χ0v) is 9.09. The van der Waals surface area contributed by atoms with Gasteiger partial charge in [0.05, 0.1) is 5.75 Å². The van der Waals surface area contributed by atoms with Crippen LogP contribution in [-0.2, 0) is 19.7 Å². The molecule has 0 aliphatic carbocycles. The van der Waals surface area contributed by atoms with Crippen LogP contribution >= 0.6 is 0 Å². The van der Waals surface area contributed by atoms with E-state index < -0.39 is 30.9 Å². The van der Waals surface area contributed by atoms with Crippen LogP contribution in [0.2, 0.25) is 0 Å². The second-order valence-electron chi connectivity index (χ2n) is 2.53. The van der Waals surface area contributed by atoms with Gasteiger partial charge >= 0.3 is 0 Å². The van der Waals surface area contributed by atoms with Gasteiger partial charge in [-0.05, 0) is 0 Å². The highest BCUT2D eigenvalue weighted by atomic mass is 32.2. The van der Waals surface area contributed by atoms with Crippen molar-refractivity contribution in [2.24, 2.45) is 0 Å². The molecular weight excluding hydrogens is 228 g/mol. The first-order valence-electron chi connectivity index (χ1n) is 3.65. The van der Waals surface area contributed by atoms with E-state index in [2.05, 4.69) is 13.2 Å². The molecule has 0 unspecified atom stereocenters. The fourth-order valence-electron chi connectivity index (χ4n) is 0.624. The quantitative estimate of drug-likeness (QED) is 0.695. The van der Waals surface area contributed by atoms with Gasteiger partial charge < -0.3 is 5.11 Å². The Kier molecular flexibility index (Phi) is 4.50. The number of sulfone groups is 2. The minimum absolute atomic E-state index is 0.386. The molecule has 7 heteroatoms. The zero-order valence-electron chi connectivity index (χ0n) is 7.46. The van der Waals surface area contributed by atoms with Crippen molar-refractivity contribution in [3.8, 4) is 0 Å². The van der Waals surface area contributed by atoms with E-state index in [0.29, 0.717) is 5.41 Å². The van der Waals surface area contributed by atoms with Crippen molar-refractivity contribution in [1.29, 1.82) is 0 Å². The van der Waals surface area contributed by atoms with Crippen LogP contribution in [0, 0.1) is 0 Å². The van der Waals surface area contributed by atoms with E-state index >= 15 is 0 Å². The van der Waals surface area contributed by atoms with Gasteiger partial charge in [-0.25, -0.2) is 16.8 Å². The van der Waals surface area contributed by atoms with Crippen LogP contribution in [0.3, 0.4) is 0 Å². The minimum Gasteiger partial charge on any atom is -0.377 e. The van der Waals surface area contributed by atoms with E-state index in [4.69, 9.17) is 5.11 Å². The summed E-state index contributed by atoms with van der Waals surface area (Å²) in [4.78, 5) is 0. The number of aliphatic hydroxyl groups is 1. The van der Waals surface area contributed by atoms with Crippen LogP contribution in [0.15, 0.2) is 24.0 Å². The molecule has 0 saturated carbocycles. The third-order valence-electron chi connectivity index (χ3n) is 1.51. The highest BCUT2D eigenvalue weighted by molar-refractivity contribution is 7.95. The monoisotopic (exact) mass is 240 g/mol. The molecule has 0 aromatic carbocycles. The molecule has 5 nitrogen and oxygen atoms in total. The predicted molar refractivity (Wildman–Crippen MR) is 53.7 cm³/mol. The molecule has 0 rings (SSSR count). The number of hydrogen-bond donors (Lipinski definition) is 1. The summed E-state index contributed by atoms with van der Waals surface area (Å²) >= 11 is 0. The van der Waals surface area contributed by atoms with Crippen molar-refractivity contribution in [2.75, 3.05) is 5.75 Å². The lowest BCUT2D eigenvalue weighted by atomic mass is 10.5. The van der Waals surface area contributed by atoms with Crippen molar-refractivity contribution >= 4 is 19.7 Å². The Morgan fingerprint density at radius 3 is 2.00 bits per heavy atom. The van der Waals surface area contributed by atoms with Crippen LogP contribution < -0.4 is 0 Å². The van der Waals surface area contributed by atoms with Crippen LogP contribution in [0.4, 0.5) is 0 Å². The Morgan fingerprint density at radius 1 is 1.14 bits per heavy atom. The SMILES string of the molecule is C=CS(=O)(=O)CC[C@H](O)S(=O)(=O)C=C. The molecule has 1 N–H and O–H groups in total. The maximum absolute atomic E-state index is 10.9. The molecule has 0 bridgehead atoms. The normalized spacial score (nSPS) is 14.6. The number of hydrogen-bond acceptors (Lipinski definition) is 5. The molecule has 0 amide bonds. The van der Waals surface area contributed by atoms with Gasteiger partial charge in [-0.2, -0.15) is 0 Å². The van der Waals surface area contributed by atoms with Crippen molar-refractivity contribution < 1.29 is 21.9 Å². The van der Waals surface area contributed by atoms with E-state index in [1.165, 1.54) is 0 Å². The minimum atomic E-state index is -3.81. The molecule has 0 saturated heterocycles. The fourth-order valence-corrected chi connectivity index (χ4v) is 2.16. The van der Waals surface area contributed by atoms with E-state index in [1.807, 2.05) is 0 Å². The maximum Gasteiger partial charge on any atom is 0.197 e. The molecule has 0 heterocycles. The van der Waals surface area contributed by atoms with Crippen molar-refractivity contribution in [2.45, 2.75) is 11.9 Å². The molecule has 0 aromatic heterocycles. The first kappa shape index (κ1) is 13.3. The van der Waals surface area contributed by atoms with E-state index in [1.54, 1.807) is 0 Å². The van der Waals surface area contributed by atoms with Gasteiger partial charge in [-0.1, -0.05) is 13.2 Å². The summed E-state index contributed by atoms with van der Waals surface area (Å²) in [7, 11) is -7.29. The molecule has 1 atom stereocenters. The van der Waals surface area contributed by atoms with Crippen LogP contribution in [0.25, 0.3) is 0 Å². The van der Waals surface area contributed by atoms with Crippen molar-refractivity contribution in [3.63, 3.8) is 0 Å². The van der Waals surface area contributed by atoms with Crippen molar-refractivity contribution in [3.05, 3.63) is 24.0 Å². The molecule has 14 heavy (non-hydrogen) atoms. The average Bonchev–Trinajstić information content (AvgIpc) is 2.14. The predicted octanol–water partition coefficient (Wildman–Crippen LogP) is -0.189. The molecule has 0 aromatic rings. The second kappa shape index (κ2) is 4.72. The number of aliphatic hydroxyl groups excluding tert-OH is 1. The lowest BCUT2D eigenvalue weighted by molar-refractivity contribution is 0.247. The molecule has 0 aliphatic heterocycles. The van der Waals surface area contributed by atoms with Gasteiger partial charge in [0.2, 0.25) is 0 Å². The second-order valence-corrected chi connectivity index (χ2v) is 6.66.